The van der Waals surface area contributed by atoms with Crippen LogP contribution in [0.5, 0.6) is 0 Å². The summed E-state index contributed by atoms with van der Waals surface area (Å²) < 4.78 is 6.13. The largest absolute Gasteiger partial charge is 0.423 e. The van der Waals surface area contributed by atoms with E-state index in [1.165, 1.54) is 6.07 Å². The van der Waals surface area contributed by atoms with E-state index in [4.69, 9.17) is 4.42 Å². The SMILES string of the molecule is Cc1cc2oc(=O)cc(CN3C(=O)N[C@@](C)(c4ccccc4Br)C3=O)c2cc1C(C)C. The van der Waals surface area contributed by atoms with Crippen molar-refractivity contribution in [2.75, 3.05) is 0 Å². The smallest absolute Gasteiger partial charge is 0.336 e. The number of rotatable bonds is 4. The van der Waals surface area contributed by atoms with E-state index >= 15 is 0 Å². The minimum atomic E-state index is -1.20. The Balaban J connectivity index is 1.78. The van der Waals surface area contributed by atoms with Crippen molar-refractivity contribution in [1.82, 2.24) is 10.2 Å². The normalized spacial score (nSPS) is 18.8. The van der Waals surface area contributed by atoms with Crippen molar-refractivity contribution >= 4 is 38.8 Å². The number of amides is 3. The zero-order chi connectivity index (χ0) is 22.5. The molecule has 4 rings (SSSR count). The zero-order valence-electron chi connectivity index (χ0n) is 17.8. The number of imide groups is 1. The maximum atomic E-state index is 13.4. The maximum Gasteiger partial charge on any atom is 0.336 e. The molecule has 1 fully saturated rings. The summed E-state index contributed by atoms with van der Waals surface area (Å²) >= 11 is 3.47. The summed E-state index contributed by atoms with van der Waals surface area (Å²) in [7, 11) is 0. The number of benzene rings is 2. The molecule has 0 bridgehead atoms. The number of carbonyl (C=O) groups excluding carboxylic acids is 2. The Morgan fingerprint density at radius 2 is 1.84 bits per heavy atom. The third kappa shape index (κ3) is 3.57. The molecule has 0 radical (unpaired) electrons. The number of aryl methyl sites for hydroxylation is 1. The van der Waals surface area contributed by atoms with Crippen molar-refractivity contribution in [2.45, 2.75) is 45.7 Å². The van der Waals surface area contributed by atoms with Gasteiger partial charge in [-0.25, -0.2) is 9.59 Å². The highest BCUT2D eigenvalue weighted by Crippen LogP contribution is 2.35. The topological polar surface area (TPSA) is 79.6 Å². The highest BCUT2D eigenvalue weighted by molar-refractivity contribution is 9.10. The quantitative estimate of drug-likeness (QED) is 0.421. The van der Waals surface area contributed by atoms with Crippen molar-refractivity contribution < 1.29 is 14.0 Å². The molecule has 2 heterocycles. The van der Waals surface area contributed by atoms with Crippen LogP contribution in [0.15, 0.2) is 56.1 Å². The molecule has 7 heteroatoms. The van der Waals surface area contributed by atoms with E-state index in [1.54, 1.807) is 13.0 Å². The molecule has 3 aromatic rings. The Morgan fingerprint density at radius 3 is 2.52 bits per heavy atom. The second kappa shape index (κ2) is 7.64. The number of hydrogen-bond acceptors (Lipinski definition) is 4. The van der Waals surface area contributed by atoms with Gasteiger partial charge in [-0.15, -0.1) is 0 Å². The highest BCUT2D eigenvalue weighted by Gasteiger charge is 2.49. The van der Waals surface area contributed by atoms with Crippen LogP contribution in [0.25, 0.3) is 11.0 Å². The van der Waals surface area contributed by atoms with Crippen LogP contribution in [-0.2, 0) is 16.9 Å². The van der Waals surface area contributed by atoms with E-state index in [1.807, 2.05) is 37.3 Å². The molecule has 1 atom stereocenters. The first kappa shape index (κ1) is 21.3. The Labute approximate surface area is 188 Å². The lowest BCUT2D eigenvalue weighted by Gasteiger charge is -2.23. The Bertz CT molecular complexity index is 1280. The molecule has 0 spiro atoms. The van der Waals surface area contributed by atoms with Gasteiger partial charge in [-0.2, -0.15) is 0 Å². The molecule has 1 aliphatic heterocycles. The highest BCUT2D eigenvalue weighted by atomic mass is 79.9. The number of urea groups is 1. The number of fused-ring (bicyclic) bond motifs is 1. The van der Waals surface area contributed by atoms with Crippen LogP contribution in [0.4, 0.5) is 4.79 Å². The number of nitrogens with zero attached hydrogens (tertiary/aromatic N) is 1. The monoisotopic (exact) mass is 482 g/mol. The van der Waals surface area contributed by atoms with Gasteiger partial charge in [-0.3, -0.25) is 9.69 Å². The van der Waals surface area contributed by atoms with Gasteiger partial charge in [0, 0.05) is 21.5 Å². The third-order valence-electron chi connectivity index (χ3n) is 5.85. The molecule has 0 aliphatic carbocycles. The standard InChI is InChI=1S/C24H23BrN2O4/c1-13(2)16-11-17-15(10-21(28)31-20(17)9-14(16)3)12-27-22(29)24(4,26-23(27)30)18-7-5-6-8-19(18)25/h5-11,13H,12H2,1-4H3,(H,26,30)/t24-/m0/s1. The lowest BCUT2D eigenvalue weighted by atomic mass is 9.92. The van der Waals surface area contributed by atoms with E-state index in [9.17, 15) is 14.4 Å². The molecule has 0 unspecified atom stereocenters. The van der Waals surface area contributed by atoms with Gasteiger partial charge in [0.15, 0.2) is 0 Å². The molecule has 3 amide bonds. The minimum absolute atomic E-state index is 0.0204. The predicted octanol–water partition coefficient (Wildman–Crippen LogP) is 4.95. The van der Waals surface area contributed by atoms with Gasteiger partial charge < -0.3 is 9.73 Å². The van der Waals surface area contributed by atoms with E-state index in [0.29, 0.717) is 16.7 Å². The lowest BCUT2D eigenvalue weighted by molar-refractivity contribution is -0.131. The van der Waals surface area contributed by atoms with Crippen LogP contribution in [0, 0.1) is 6.92 Å². The Morgan fingerprint density at radius 1 is 1.13 bits per heavy atom. The summed E-state index contributed by atoms with van der Waals surface area (Å²) in [5.41, 5.74) is 2.13. The second-order valence-corrected chi connectivity index (χ2v) is 9.23. The van der Waals surface area contributed by atoms with E-state index in [2.05, 4.69) is 35.1 Å². The Kier molecular flexibility index (Phi) is 5.25. The first-order valence-corrected chi connectivity index (χ1v) is 10.9. The van der Waals surface area contributed by atoms with E-state index < -0.39 is 17.2 Å². The molecule has 6 nitrogen and oxygen atoms in total. The fourth-order valence-electron chi connectivity index (χ4n) is 4.20. The molecule has 0 saturated carbocycles. The summed E-state index contributed by atoms with van der Waals surface area (Å²) in [5.74, 6) is -0.0957. The summed E-state index contributed by atoms with van der Waals surface area (Å²) in [4.78, 5) is 39.5. The predicted molar refractivity (Wildman–Crippen MR) is 122 cm³/mol. The Hall–Kier alpha value is -2.93. The number of hydrogen-bond donors (Lipinski definition) is 1. The fourth-order valence-corrected chi connectivity index (χ4v) is 4.89. The first-order valence-electron chi connectivity index (χ1n) is 10.1. The molecule has 2 aromatic carbocycles. The van der Waals surface area contributed by atoms with Crippen LogP contribution in [-0.4, -0.2) is 16.8 Å². The van der Waals surface area contributed by atoms with Crippen LogP contribution in [0.3, 0.4) is 0 Å². The van der Waals surface area contributed by atoms with Crippen molar-refractivity contribution in [3.8, 4) is 0 Å². The van der Waals surface area contributed by atoms with Gasteiger partial charge in [-0.05, 0) is 54.7 Å². The van der Waals surface area contributed by atoms with Gasteiger partial charge in [0.2, 0.25) is 0 Å². The molecular weight excluding hydrogens is 460 g/mol. The van der Waals surface area contributed by atoms with Crippen LogP contribution < -0.4 is 10.9 Å². The van der Waals surface area contributed by atoms with Crippen molar-refractivity contribution in [3.63, 3.8) is 0 Å². The molecule has 160 valence electrons. The fraction of sp³-hybridized carbons (Fsp3) is 0.292. The van der Waals surface area contributed by atoms with Crippen LogP contribution in [0.2, 0.25) is 0 Å². The molecular formula is C24H23BrN2O4. The molecule has 31 heavy (non-hydrogen) atoms. The maximum absolute atomic E-state index is 13.4. The van der Waals surface area contributed by atoms with E-state index in [-0.39, 0.29) is 18.4 Å². The summed E-state index contributed by atoms with van der Waals surface area (Å²) in [6, 6.07) is 12.0. The number of nitrogens with one attached hydrogen (secondary N) is 1. The van der Waals surface area contributed by atoms with Crippen LogP contribution in [0.1, 0.15) is 48.9 Å². The first-order chi connectivity index (χ1) is 14.6. The zero-order valence-corrected chi connectivity index (χ0v) is 19.4. The molecule has 1 aromatic heterocycles. The third-order valence-corrected chi connectivity index (χ3v) is 6.55. The molecule has 1 aliphatic rings. The minimum Gasteiger partial charge on any atom is -0.423 e. The second-order valence-electron chi connectivity index (χ2n) is 8.38. The van der Waals surface area contributed by atoms with Crippen molar-refractivity contribution in [1.29, 1.82) is 0 Å². The van der Waals surface area contributed by atoms with Crippen molar-refractivity contribution in [2.24, 2.45) is 0 Å². The number of halogens is 1. The van der Waals surface area contributed by atoms with Crippen molar-refractivity contribution in [3.05, 3.63) is 79.6 Å². The average molecular weight is 483 g/mol. The summed E-state index contributed by atoms with van der Waals surface area (Å²) in [5, 5.41) is 3.54. The summed E-state index contributed by atoms with van der Waals surface area (Å²) in [6.45, 7) is 7.82. The molecule has 1 N–H and O–H groups in total. The van der Waals surface area contributed by atoms with Crippen LogP contribution >= 0.6 is 15.9 Å². The molecule has 1 saturated heterocycles. The lowest BCUT2D eigenvalue weighted by Crippen LogP contribution is -2.41. The summed E-state index contributed by atoms with van der Waals surface area (Å²) in [6.07, 6.45) is 0. The van der Waals surface area contributed by atoms with E-state index in [0.717, 1.165) is 25.9 Å². The van der Waals surface area contributed by atoms with Gasteiger partial charge in [0.05, 0.1) is 6.54 Å². The van der Waals surface area contributed by atoms with Gasteiger partial charge in [0.25, 0.3) is 5.91 Å². The number of carbonyl (C=O) groups is 2. The average Bonchev–Trinajstić information content (AvgIpc) is 2.91. The van der Waals surface area contributed by atoms with Gasteiger partial charge >= 0.3 is 11.7 Å². The van der Waals surface area contributed by atoms with Gasteiger partial charge in [0.1, 0.15) is 11.1 Å². The van der Waals surface area contributed by atoms with Gasteiger partial charge in [-0.1, -0.05) is 48.0 Å².